The van der Waals surface area contributed by atoms with E-state index in [4.69, 9.17) is 0 Å². The number of phenolic OH excluding ortho intramolecular Hbond substituents is 1. The third-order valence-electron chi connectivity index (χ3n) is 3.81. The van der Waals surface area contributed by atoms with Crippen LogP contribution in [0.3, 0.4) is 0 Å². The third-order valence-corrected chi connectivity index (χ3v) is 4.73. The highest BCUT2D eigenvalue weighted by molar-refractivity contribution is 8.17. The Hall–Kier alpha value is -2.60. The van der Waals surface area contributed by atoms with Crippen molar-refractivity contribution in [2.24, 2.45) is 10.2 Å². The third kappa shape index (κ3) is 4.28. The lowest BCUT2D eigenvalue weighted by atomic mass is 10.1. The van der Waals surface area contributed by atoms with E-state index in [-0.39, 0.29) is 11.0 Å². The van der Waals surface area contributed by atoms with Crippen LogP contribution in [0.2, 0.25) is 0 Å². The van der Waals surface area contributed by atoms with Crippen LogP contribution in [0, 0.1) is 13.8 Å². The summed E-state index contributed by atoms with van der Waals surface area (Å²) in [5.74, 6) is 0.277. The molecule has 1 N–H and O–H groups in total. The predicted octanol–water partition coefficient (Wildman–Crippen LogP) is 6.16. The zero-order valence-corrected chi connectivity index (χ0v) is 15.0. The molecule has 0 aliphatic heterocycles. The van der Waals surface area contributed by atoms with Crippen molar-refractivity contribution in [3.8, 4) is 5.75 Å². The molecule has 1 aromatic carbocycles. The second-order valence-electron chi connectivity index (χ2n) is 5.86. The van der Waals surface area contributed by atoms with Gasteiger partial charge in [-0.15, -0.1) is 5.11 Å². The van der Waals surface area contributed by atoms with Gasteiger partial charge in [-0.2, -0.15) is 5.11 Å². The van der Waals surface area contributed by atoms with Gasteiger partial charge in [-0.3, -0.25) is 9.36 Å². The molecule has 2 aromatic rings. The van der Waals surface area contributed by atoms with Crippen LogP contribution in [0.25, 0.3) is 0 Å². The minimum atomic E-state index is -0.0735. The maximum Gasteiger partial charge on any atom is 0.294 e. The molecule has 0 saturated heterocycles. The Morgan fingerprint density at radius 2 is 1.88 bits per heavy atom. The van der Waals surface area contributed by atoms with E-state index >= 15 is 0 Å². The van der Waals surface area contributed by atoms with E-state index in [1.165, 1.54) is 16.3 Å². The van der Waals surface area contributed by atoms with Crippen molar-refractivity contribution in [1.29, 1.82) is 0 Å². The van der Waals surface area contributed by atoms with Gasteiger partial charge < -0.3 is 5.11 Å². The summed E-state index contributed by atoms with van der Waals surface area (Å²) >= 11 is 1.21. The molecular weight excluding hydrogens is 334 g/mol. The molecule has 5 nitrogen and oxygen atoms in total. The van der Waals surface area contributed by atoms with Gasteiger partial charge in [0, 0.05) is 17.3 Å². The highest BCUT2D eigenvalue weighted by atomic mass is 32.2. The fourth-order valence-electron chi connectivity index (χ4n) is 2.48. The highest BCUT2D eigenvalue weighted by Crippen LogP contribution is 2.29. The number of benzene rings is 1. The van der Waals surface area contributed by atoms with Gasteiger partial charge in [-0.05, 0) is 67.8 Å². The first-order valence-electron chi connectivity index (χ1n) is 8.02. The number of carbonyl (C=O) groups excluding carboxylic acids is 1. The quantitative estimate of drug-likeness (QED) is 0.672. The fourth-order valence-corrected chi connectivity index (χ4v) is 3.27. The number of hydrogen-bond acceptors (Lipinski definition) is 5. The van der Waals surface area contributed by atoms with E-state index in [1.54, 1.807) is 30.6 Å². The first-order valence-corrected chi connectivity index (χ1v) is 8.83. The van der Waals surface area contributed by atoms with Crippen LogP contribution in [0.1, 0.15) is 24.0 Å². The predicted molar refractivity (Wildman–Crippen MR) is 101 cm³/mol. The second-order valence-corrected chi connectivity index (χ2v) is 6.88. The van der Waals surface area contributed by atoms with E-state index in [9.17, 15) is 9.90 Å². The van der Waals surface area contributed by atoms with Crippen LogP contribution < -0.4 is 0 Å². The van der Waals surface area contributed by atoms with Gasteiger partial charge in [0.05, 0.1) is 5.69 Å². The van der Waals surface area contributed by atoms with Crippen LogP contribution >= 0.6 is 11.8 Å². The Balaban J connectivity index is 1.70. The zero-order chi connectivity index (χ0) is 17.8. The average Bonchev–Trinajstić information content (AvgIpc) is 3.08. The molecule has 0 saturated carbocycles. The molecule has 0 fully saturated rings. The Labute approximate surface area is 150 Å². The summed E-state index contributed by atoms with van der Waals surface area (Å²) in [4.78, 5) is 13.3. The minimum Gasteiger partial charge on any atom is -0.507 e. The normalized spacial score (nSPS) is 14.1. The molecule has 1 aromatic heterocycles. The Kier molecular flexibility index (Phi) is 5.19. The van der Waals surface area contributed by atoms with Crippen molar-refractivity contribution in [3.05, 3.63) is 64.9 Å². The Bertz CT molecular complexity index is 871. The number of aromatic nitrogens is 1. The zero-order valence-electron chi connectivity index (χ0n) is 14.1. The largest absolute Gasteiger partial charge is 0.507 e. The van der Waals surface area contributed by atoms with Crippen LogP contribution in [-0.4, -0.2) is 14.9 Å². The molecule has 3 rings (SSSR count). The van der Waals surface area contributed by atoms with Gasteiger partial charge in [0.25, 0.3) is 5.24 Å². The molecule has 0 atom stereocenters. The highest BCUT2D eigenvalue weighted by Gasteiger charge is 2.10. The van der Waals surface area contributed by atoms with Crippen molar-refractivity contribution in [2.45, 2.75) is 26.7 Å². The van der Waals surface area contributed by atoms with Crippen LogP contribution in [0.15, 0.2) is 64.0 Å². The van der Waals surface area contributed by atoms with Gasteiger partial charge in [0.2, 0.25) is 0 Å². The van der Waals surface area contributed by atoms with Crippen molar-refractivity contribution in [2.75, 3.05) is 0 Å². The topological polar surface area (TPSA) is 67.0 Å². The van der Waals surface area contributed by atoms with Crippen LogP contribution in [0.4, 0.5) is 16.2 Å². The van der Waals surface area contributed by atoms with E-state index < -0.39 is 0 Å². The Morgan fingerprint density at radius 1 is 1.16 bits per heavy atom. The van der Waals surface area contributed by atoms with Gasteiger partial charge in [0.15, 0.2) is 0 Å². The maximum atomic E-state index is 12.3. The van der Waals surface area contributed by atoms with Crippen molar-refractivity contribution in [1.82, 2.24) is 4.57 Å². The van der Waals surface area contributed by atoms with E-state index in [2.05, 4.69) is 22.4 Å². The summed E-state index contributed by atoms with van der Waals surface area (Å²) in [5, 5.41) is 18.1. The SMILES string of the molecule is Cc1cc(/N=N/c2ccn(C(=O)SC3=CCCC=C3)c2)cc(C)c1O. The van der Waals surface area contributed by atoms with Gasteiger partial charge in [-0.25, -0.2) is 0 Å². The summed E-state index contributed by atoms with van der Waals surface area (Å²) in [6.45, 7) is 3.64. The van der Waals surface area contributed by atoms with Crippen molar-refractivity contribution in [3.63, 3.8) is 0 Å². The number of aromatic hydroxyl groups is 1. The number of allylic oxidation sites excluding steroid dienone is 3. The molecule has 1 heterocycles. The molecular formula is C19H19N3O2S. The average molecular weight is 353 g/mol. The fraction of sp³-hybridized carbons (Fsp3) is 0.211. The second kappa shape index (κ2) is 7.53. The summed E-state index contributed by atoms with van der Waals surface area (Å²) < 4.78 is 1.51. The van der Waals surface area contributed by atoms with Crippen LogP contribution in [0.5, 0.6) is 5.75 Å². The summed E-state index contributed by atoms with van der Waals surface area (Å²) in [5.41, 5.74) is 2.78. The number of phenols is 1. The molecule has 6 heteroatoms. The summed E-state index contributed by atoms with van der Waals surface area (Å²) in [6.07, 6.45) is 11.5. The van der Waals surface area contributed by atoms with Crippen molar-refractivity contribution >= 4 is 28.4 Å². The lowest BCUT2D eigenvalue weighted by molar-refractivity contribution is 0.262. The summed E-state index contributed by atoms with van der Waals surface area (Å²) in [7, 11) is 0. The lowest BCUT2D eigenvalue weighted by Gasteiger charge is -2.05. The molecule has 0 spiro atoms. The van der Waals surface area contributed by atoms with E-state index in [1.807, 2.05) is 19.9 Å². The van der Waals surface area contributed by atoms with Crippen molar-refractivity contribution < 1.29 is 9.90 Å². The van der Waals surface area contributed by atoms with E-state index in [0.29, 0.717) is 11.4 Å². The monoisotopic (exact) mass is 353 g/mol. The lowest BCUT2D eigenvalue weighted by Crippen LogP contribution is -2.01. The standard InChI is InChI=1S/C19H19N3O2S/c1-13-10-16(11-14(2)18(13)23)21-20-15-8-9-22(12-15)19(24)25-17-6-4-3-5-7-17/h4,6-12,23H,3,5H2,1-2H3/b21-20+. The molecule has 25 heavy (non-hydrogen) atoms. The maximum absolute atomic E-state index is 12.3. The Morgan fingerprint density at radius 3 is 2.56 bits per heavy atom. The number of azo groups is 1. The molecule has 0 bridgehead atoms. The smallest absolute Gasteiger partial charge is 0.294 e. The van der Waals surface area contributed by atoms with Gasteiger partial charge >= 0.3 is 0 Å². The molecule has 128 valence electrons. The number of hydrogen-bond donors (Lipinski definition) is 1. The molecule has 0 radical (unpaired) electrons. The molecule has 1 aliphatic carbocycles. The van der Waals surface area contributed by atoms with Gasteiger partial charge in [-0.1, -0.05) is 18.2 Å². The van der Waals surface area contributed by atoms with E-state index in [0.717, 1.165) is 28.9 Å². The van der Waals surface area contributed by atoms with Gasteiger partial charge in [0.1, 0.15) is 11.4 Å². The summed E-state index contributed by atoms with van der Waals surface area (Å²) in [6, 6.07) is 5.28. The number of nitrogens with zero attached hydrogens (tertiary/aromatic N) is 3. The molecule has 1 aliphatic rings. The first-order chi connectivity index (χ1) is 12.0. The van der Waals surface area contributed by atoms with Crippen LogP contribution in [-0.2, 0) is 0 Å². The number of aryl methyl sites for hydroxylation is 2. The molecule has 0 unspecified atom stereocenters. The number of carbonyl (C=O) groups is 1. The number of thioether (sulfide) groups is 1. The number of rotatable bonds is 3. The first kappa shape index (κ1) is 17.2. The molecule has 0 amide bonds. The minimum absolute atomic E-state index is 0.0735.